The topological polar surface area (TPSA) is 0 Å². The van der Waals surface area contributed by atoms with Gasteiger partial charge in [-0.05, 0) is 37.0 Å². The molecular formula is C8H14. The van der Waals surface area contributed by atoms with Crippen LogP contribution in [0.2, 0.25) is 0 Å². The standard InChI is InChI=1S/C8H14/c1-2-8-6-3-4-7(8)5-6/h6-8H,2-5H2,1H3/i2D. The van der Waals surface area contributed by atoms with Gasteiger partial charge < -0.3 is 0 Å². The van der Waals surface area contributed by atoms with E-state index < -0.39 is 0 Å². The summed E-state index contributed by atoms with van der Waals surface area (Å²) in [4.78, 5) is 0. The molecule has 0 aromatic rings. The Bertz CT molecular complexity index is 106. The van der Waals surface area contributed by atoms with Crippen LogP contribution in [-0.2, 0) is 0 Å². The van der Waals surface area contributed by atoms with Crippen molar-refractivity contribution in [3.05, 3.63) is 0 Å². The summed E-state index contributed by atoms with van der Waals surface area (Å²) < 4.78 is 7.54. The fourth-order valence-electron chi connectivity index (χ4n) is 2.49. The van der Waals surface area contributed by atoms with Crippen molar-refractivity contribution in [1.82, 2.24) is 0 Å². The molecule has 0 aromatic heterocycles. The summed E-state index contributed by atoms with van der Waals surface area (Å²) in [6, 6.07) is 0. The predicted molar refractivity (Wildman–Crippen MR) is 34.6 cm³/mol. The predicted octanol–water partition coefficient (Wildman–Crippen LogP) is 2.44. The summed E-state index contributed by atoms with van der Waals surface area (Å²) in [7, 11) is 0. The summed E-state index contributed by atoms with van der Waals surface area (Å²) in [5, 5.41) is 0. The van der Waals surface area contributed by atoms with E-state index in [9.17, 15) is 0 Å². The number of fused-ring (bicyclic) bond motifs is 1. The summed E-state index contributed by atoms with van der Waals surface area (Å²) in [6.07, 6.45) is 4.53. The van der Waals surface area contributed by atoms with Gasteiger partial charge in [0.05, 0.1) is 0 Å². The first-order valence-electron chi connectivity index (χ1n) is 4.29. The molecule has 0 aliphatic heterocycles. The molecule has 3 fully saturated rings. The molecule has 3 saturated carbocycles. The minimum atomic E-state index is 0.219. The molecule has 0 radical (unpaired) electrons. The molecule has 3 unspecified atom stereocenters. The van der Waals surface area contributed by atoms with Crippen LogP contribution in [0.3, 0.4) is 0 Å². The summed E-state index contributed by atoms with van der Waals surface area (Å²) in [5.74, 6) is 2.72. The van der Waals surface area contributed by atoms with Gasteiger partial charge in [-0.15, -0.1) is 0 Å². The van der Waals surface area contributed by atoms with Crippen LogP contribution >= 0.6 is 0 Å². The maximum atomic E-state index is 7.54. The van der Waals surface area contributed by atoms with E-state index >= 15 is 0 Å². The lowest BCUT2D eigenvalue weighted by molar-refractivity contribution is 0.152. The number of hydrogen-bond donors (Lipinski definition) is 0. The molecule has 0 heterocycles. The highest BCUT2D eigenvalue weighted by molar-refractivity contribution is 4.94. The van der Waals surface area contributed by atoms with Gasteiger partial charge in [0, 0.05) is 1.37 Å². The van der Waals surface area contributed by atoms with Gasteiger partial charge in [0.1, 0.15) is 0 Å². The van der Waals surface area contributed by atoms with Gasteiger partial charge in [0.15, 0.2) is 0 Å². The molecular weight excluding hydrogens is 96.1 g/mol. The first-order chi connectivity index (χ1) is 4.29. The van der Waals surface area contributed by atoms with Crippen LogP contribution in [0, 0.1) is 17.8 Å². The first kappa shape index (κ1) is 3.92. The Kier molecular flexibility index (Phi) is 0.731. The van der Waals surface area contributed by atoms with Crippen LogP contribution in [-0.4, -0.2) is 0 Å². The average molecular weight is 111 g/mol. The Labute approximate surface area is 52.7 Å². The van der Waals surface area contributed by atoms with Crippen LogP contribution in [0.25, 0.3) is 0 Å². The van der Waals surface area contributed by atoms with Crippen molar-refractivity contribution in [2.75, 3.05) is 0 Å². The van der Waals surface area contributed by atoms with Crippen molar-refractivity contribution >= 4 is 0 Å². The van der Waals surface area contributed by atoms with E-state index in [1.54, 1.807) is 0 Å². The second-order valence-corrected chi connectivity index (χ2v) is 3.24. The van der Waals surface area contributed by atoms with E-state index in [0.717, 1.165) is 17.8 Å². The Balaban J connectivity index is 2.02. The molecule has 3 rings (SSSR count). The van der Waals surface area contributed by atoms with E-state index in [2.05, 4.69) is 6.92 Å². The zero-order valence-electron chi connectivity index (χ0n) is 6.43. The van der Waals surface area contributed by atoms with E-state index in [1.165, 1.54) is 19.3 Å². The Morgan fingerprint density at radius 2 is 2.12 bits per heavy atom. The third kappa shape index (κ3) is 0.416. The van der Waals surface area contributed by atoms with Crippen molar-refractivity contribution in [2.24, 2.45) is 17.8 Å². The van der Waals surface area contributed by atoms with Crippen LogP contribution in [0.1, 0.15) is 34.0 Å². The highest BCUT2D eigenvalue weighted by Gasteiger charge is 2.44. The lowest BCUT2D eigenvalue weighted by Crippen LogP contribution is -2.26. The molecule has 0 nitrogen and oxygen atoms in total. The largest absolute Gasteiger partial charge is 0.0651 e. The summed E-state index contributed by atoms with van der Waals surface area (Å²) in [5.41, 5.74) is 0. The lowest BCUT2D eigenvalue weighted by Gasteiger charge is -2.34. The van der Waals surface area contributed by atoms with Gasteiger partial charge in [-0.25, -0.2) is 0 Å². The highest BCUT2D eigenvalue weighted by atomic mass is 14.5. The molecule has 0 saturated heterocycles. The van der Waals surface area contributed by atoms with E-state index in [1.807, 2.05) is 0 Å². The molecule has 0 N–H and O–H groups in total. The molecule has 2 bridgehead atoms. The minimum Gasteiger partial charge on any atom is -0.0651 e. The Hall–Kier alpha value is 0. The molecule has 0 aromatic carbocycles. The van der Waals surface area contributed by atoms with Crippen molar-refractivity contribution in [2.45, 2.75) is 32.6 Å². The zero-order chi connectivity index (χ0) is 6.43. The van der Waals surface area contributed by atoms with Crippen molar-refractivity contribution in [3.63, 3.8) is 0 Å². The van der Waals surface area contributed by atoms with Crippen molar-refractivity contribution < 1.29 is 1.37 Å². The van der Waals surface area contributed by atoms with Gasteiger partial charge in [-0.3, -0.25) is 0 Å². The van der Waals surface area contributed by atoms with Gasteiger partial charge in [0.2, 0.25) is 0 Å². The Morgan fingerprint density at radius 1 is 1.50 bits per heavy atom. The Morgan fingerprint density at radius 3 is 2.38 bits per heavy atom. The number of hydrogen-bond acceptors (Lipinski definition) is 0. The second kappa shape index (κ2) is 1.49. The molecule has 3 aliphatic rings. The van der Waals surface area contributed by atoms with Gasteiger partial charge in [-0.1, -0.05) is 13.3 Å². The van der Waals surface area contributed by atoms with E-state index in [-0.39, 0.29) is 6.40 Å². The van der Waals surface area contributed by atoms with Crippen LogP contribution < -0.4 is 0 Å². The van der Waals surface area contributed by atoms with Crippen LogP contribution in [0.4, 0.5) is 0 Å². The molecule has 8 heavy (non-hydrogen) atoms. The fraction of sp³-hybridized carbons (Fsp3) is 1.00. The molecule has 0 amide bonds. The van der Waals surface area contributed by atoms with Gasteiger partial charge in [0.25, 0.3) is 0 Å². The van der Waals surface area contributed by atoms with E-state index in [4.69, 9.17) is 1.37 Å². The van der Waals surface area contributed by atoms with Gasteiger partial charge in [-0.2, -0.15) is 0 Å². The average Bonchev–Trinajstić information content (AvgIpc) is 2.13. The molecule has 0 spiro atoms. The third-order valence-electron chi connectivity index (χ3n) is 2.99. The maximum absolute atomic E-state index is 7.54. The van der Waals surface area contributed by atoms with E-state index in [0.29, 0.717) is 0 Å². The lowest BCUT2D eigenvalue weighted by atomic mass is 9.71. The monoisotopic (exact) mass is 111 g/mol. The SMILES string of the molecule is [2H]C(C)C1C2CCC1C2. The maximum Gasteiger partial charge on any atom is 0.0267 e. The normalized spacial score (nSPS) is 57.1. The highest BCUT2D eigenvalue weighted by Crippen LogP contribution is 2.54. The number of rotatable bonds is 1. The third-order valence-corrected chi connectivity index (χ3v) is 2.99. The van der Waals surface area contributed by atoms with Crippen LogP contribution in [0.5, 0.6) is 0 Å². The summed E-state index contributed by atoms with van der Waals surface area (Å²) >= 11 is 0. The molecule has 0 heteroatoms. The first-order valence-corrected chi connectivity index (χ1v) is 3.71. The smallest absolute Gasteiger partial charge is 0.0267 e. The minimum absolute atomic E-state index is 0.219. The van der Waals surface area contributed by atoms with Crippen molar-refractivity contribution in [3.8, 4) is 0 Å². The van der Waals surface area contributed by atoms with Gasteiger partial charge >= 0.3 is 0 Å². The van der Waals surface area contributed by atoms with Crippen LogP contribution in [0.15, 0.2) is 0 Å². The molecule has 3 aliphatic carbocycles. The van der Waals surface area contributed by atoms with Crippen molar-refractivity contribution in [1.29, 1.82) is 0 Å². The molecule has 46 valence electrons. The molecule has 3 atom stereocenters. The zero-order valence-corrected chi connectivity index (χ0v) is 5.43. The fourth-order valence-corrected chi connectivity index (χ4v) is 2.49. The quantitative estimate of drug-likeness (QED) is 0.487. The summed E-state index contributed by atoms with van der Waals surface area (Å²) in [6.45, 7) is 2.05. The second-order valence-electron chi connectivity index (χ2n) is 3.24.